The lowest BCUT2D eigenvalue weighted by molar-refractivity contribution is -0.122. The summed E-state index contributed by atoms with van der Waals surface area (Å²) in [6.45, 7) is 3.76. The van der Waals surface area contributed by atoms with E-state index in [0.717, 1.165) is 17.7 Å². The van der Waals surface area contributed by atoms with Crippen LogP contribution in [0, 0.1) is 5.92 Å². The second-order valence-electron chi connectivity index (χ2n) is 5.57. The highest BCUT2D eigenvalue weighted by Gasteiger charge is 2.18. The third-order valence-electron chi connectivity index (χ3n) is 3.64. The van der Waals surface area contributed by atoms with Gasteiger partial charge in [-0.05, 0) is 17.2 Å². The zero-order chi connectivity index (χ0) is 14.8. The molecule has 21 heavy (non-hydrogen) atoms. The van der Waals surface area contributed by atoms with Crippen molar-refractivity contribution in [3.8, 4) is 0 Å². The van der Waals surface area contributed by atoms with Gasteiger partial charge in [0.1, 0.15) is 5.84 Å². The van der Waals surface area contributed by atoms with E-state index in [2.05, 4.69) is 22.4 Å². The van der Waals surface area contributed by atoms with Gasteiger partial charge in [-0.1, -0.05) is 56.3 Å². The van der Waals surface area contributed by atoms with Crippen molar-refractivity contribution in [1.82, 2.24) is 5.32 Å². The highest BCUT2D eigenvalue weighted by molar-refractivity contribution is 6.10. The van der Waals surface area contributed by atoms with E-state index >= 15 is 0 Å². The van der Waals surface area contributed by atoms with Gasteiger partial charge in [-0.3, -0.25) is 4.79 Å². The third-order valence-corrected chi connectivity index (χ3v) is 3.64. The lowest BCUT2D eigenvalue weighted by atomic mass is 9.99. The Labute approximate surface area is 124 Å². The molecule has 3 nitrogen and oxygen atoms in total. The average Bonchev–Trinajstić information content (AvgIpc) is 2.63. The van der Waals surface area contributed by atoms with E-state index in [1.165, 1.54) is 11.1 Å². The van der Waals surface area contributed by atoms with Crippen LogP contribution in [0.1, 0.15) is 30.5 Å². The molecule has 0 aromatic heterocycles. The van der Waals surface area contributed by atoms with E-state index in [1.807, 2.05) is 50.2 Å². The summed E-state index contributed by atoms with van der Waals surface area (Å²) >= 11 is 0. The van der Waals surface area contributed by atoms with Crippen LogP contribution in [0.3, 0.4) is 0 Å². The molecule has 3 heteroatoms. The first-order valence-corrected chi connectivity index (χ1v) is 7.21. The van der Waals surface area contributed by atoms with E-state index < -0.39 is 0 Å². The number of hydrogen-bond donors (Lipinski definition) is 1. The standard InChI is InChI=1S/C18H18N2O/c1-12(2)18(21)20-17-15-9-5-3-7-13(15)11-14-8-4-6-10-16(14)19-17/h3-10,12H,11H2,1-2H3,(H,19,20,21). The molecule has 0 fully saturated rings. The maximum absolute atomic E-state index is 12.1. The Kier molecular flexibility index (Phi) is 3.57. The summed E-state index contributed by atoms with van der Waals surface area (Å²) in [4.78, 5) is 16.7. The van der Waals surface area contributed by atoms with Crippen molar-refractivity contribution in [2.45, 2.75) is 20.3 Å². The smallest absolute Gasteiger partial charge is 0.228 e. The van der Waals surface area contributed by atoms with Crippen LogP contribution >= 0.6 is 0 Å². The molecular weight excluding hydrogens is 260 g/mol. The molecule has 0 spiro atoms. The van der Waals surface area contributed by atoms with Crippen LogP contribution in [-0.4, -0.2) is 11.7 Å². The summed E-state index contributed by atoms with van der Waals surface area (Å²) in [5.41, 5.74) is 4.29. The maximum atomic E-state index is 12.1. The third kappa shape index (κ3) is 2.72. The van der Waals surface area contributed by atoms with Crippen molar-refractivity contribution in [2.24, 2.45) is 10.9 Å². The van der Waals surface area contributed by atoms with Crippen LogP contribution in [0.2, 0.25) is 0 Å². The Hall–Kier alpha value is -2.42. The van der Waals surface area contributed by atoms with Crippen molar-refractivity contribution >= 4 is 17.4 Å². The van der Waals surface area contributed by atoms with Gasteiger partial charge in [0.05, 0.1) is 5.69 Å². The van der Waals surface area contributed by atoms with Crippen molar-refractivity contribution in [2.75, 3.05) is 0 Å². The first kappa shape index (κ1) is 13.6. The Bertz CT molecular complexity index is 717. The van der Waals surface area contributed by atoms with E-state index in [0.29, 0.717) is 5.84 Å². The second kappa shape index (κ2) is 5.52. The number of carbonyl (C=O) groups is 1. The topological polar surface area (TPSA) is 41.5 Å². The van der Waals surface area contributed by atoms with Crippen LogP contribution in [0.4, 0.5) is 5.69 Å². The van der Waals surface area contributed by atoms with Crippen LogP contribution in [-0.2, 0) is 11.2 Å². The van der Waals surface area contributed by atoms with Gasteiger partial charge < -0.3 is 5.32 Å². The molecule has 0 bridgehead atoms. The fraction of sp³-hybridized carbons (Fsp3) is 0.222. The molecule has 2 aromatic rings. The molecule has 1 heterocycles. The van der Waals surface area contributed by atoms with Gasteiger partial charge in [-0.15, -0.1) is 0 Å². The first-order chi connectivity index (χ1) is 10.1. The van der Waals surface area contributed by atoms with Crippen LogP contribution in [0.15, 0.2) is 53.5 Å². The quantitative estimate of drug-likeness (QED) is 0.853. The molecule has 0 radical (unpaired) electrons. The molecule has 0 saturated carbocycles. The minimum atomic E-state index is -0.0710. The predicted octanol–water partition coefficient (Wildman–Crippen LogP) is 3.44. The first-order valence-electron chi connectivity index (χ1n) is 7.21. The number of aliphatic imine (C=N–C) groups is 1. The molecule has 0 aliphatic carbocycles. The number of amides is 1. The van der Waals surface area contributed by atoms with E-state index in [1.54, 1.807) is 0 Å². The number of benzene rings is 2. The van der Waals surface area contributed by atoms with Crippen molar-refractivity contribution in [3.05, 3.63) is 65.2 Å². The number of carbonyl (C=O) groups excluding carboxylic acids is 1. The average molecular weight is 278 g/mol. The van der Waals surface area contributed by atoms with E-state index in [4.69, 9.17) is 0 Å². The molecule has 1 aliphatic rings. The molecule has 0 unspecified atom stereocenters. The van der Waals surface area contributed by atoms with Gasteiger partial charge in [0.15, 0.2) is 0 Å². The highest BCUT2D eigenvalue weighted by Crippen LogP contribution is 2.27. The molecule has 106 valence electrons. The van der Waals surface area contributed by atoms with Crippen LogP contribution in [0.25, 0.3) is 0 Å². The van der Waals surface area contributed by atoms with Crippen molar-refractivity contribution < 1.29 is 4.79 Å². The molecule has 0 saturated heterocycles. The molecule has 1 aliphatic heterocycles. The summed E-state index contributed by atoms with van der Waals surface area (Å²) in [6, 6.07) is 16.2. The van der Waals surface area contributed by atoms with Crippen molar-refractivity contribution in [3.63, 3.8) is 0 Å². The maximum Gasteiger partial charge on any atom is 0.228 e. The largest absolute Gasteiger partial charge is 0.310 e. The molecule has 2 aromatic carbocycles. The molecular formula is C18H18N2O. The molecule has 1 amide bonds. The molecule has 3 rings (SSSR count). The Morgan fingerprint density at radius 3 is 2.48 bits per heavy atom. The highest BCUT2D eigenvalue weighted by atomic mass is 16.1. The zero-order valence-corrected chi connectivity index (χ0v) is 12.3. The molecule has 0 atom stereocenters. The SMILES string of the molecule is CC(C)C(=O)NC1=Nc2ccccc2Cc2ccccc21. The molecule has 1 N–H and O–H groups in total. The number of amidine groups is 1. The Balaban J connectivity index is 2.11. The van der Waals surface area contributed by atoms with Gasteiger partial charge in [-0.25, -0.2) is 4.99 Å². The van der Waals surface area contributed by atoms with Gasteiger partial charge in [-0.2, -0.15) is 0 Å². The lowest BCUT2D eigenvalue weighted by Gasteiger charge is -2.12. The minimum Gasteiger partial charge on any atom is -0.310 e. The second-order valence-corrected chi connectivity index (χ2v) is 5.57. The number of fused-ring (bicyclic) bond motifs is 2. The zero-order valence-electron chi connectivity index (χ0n) is 12.3. The lowest BCUT2D eigenvalue weighted by Crippen LogP contribution is -2.34. The number of para-hydroxylation sites is 1. The monoisotopic (exact) mass is 278 g/mol. The van der Waals surface area contributed by atoms with E-state index in [9.17, 15) is 4.79 Å². The number of nitrogens with zero attached hydrogens (tertiary/aromatic N) is 1. The van der Waals surface area contributed by atoms with Crippen molar-refractivity contribution in [1.29, 1.82) is 0 Å². The summed E-state index contributed by atoms with van der Waals surface area (Å²) in [6.07, 6.45) is 0.830. The fourth-order valence-corrected chi connectivity index (χ4v) is 2.42. The van der Waals surface area contributed by atoms with Gasteiger partial charge in [0, 0.05) is 17.9 Å². The Morgan fingerprint density at radius 1 is 1.05 bits per heavy atom. The van der Waals surface area contributed by atoms with Gasteiger partial charge in [0.2, 0.25) is 5.91 Å². The summed E-state index contributed by atoms with van der Waals surface area (Å²) in [5.74, 6) is 0.565. The minimum absolute atomic E-state index is 0.0112. The predicted molar refractivity (Wildman–Crippen MR) is 84.9 cm³/mol. The van der Waals surface area contributed by atoms with Crippen LogP contribution < -0.4 is 5.32 Å². The summed E-state index contributed by atoms with van der Waals surface area (Å²) < 4.78 is 0. The number of hydrogen-bond acceptors (Lipinski definition) is 2. The Morgan fingerprint density at radius 2 is 1.71 bits per heavy atom. The number of rotatable bonds is 1. The summed E-state index contributed by atoms with van der Waals surface area (Å²) in [5, 5.41) is 2.97. The van der Waals surface area contributed by atoms with Crippen LogP contribution in [0.5, 0.6) is 0 Å². The van der Waals surface area contributed by atoms with E-state index in [-0.39, 0.29) is 11.8 Å². The normalized spacial score (nSPS) is 13.0. The summed E-state index contributed by atoms with van der Waals surface area (Å²) in [7, 11) is 0. The fourth-order valence-electron chi connectivity index (χ4n) is 2.42. The van der Waals surface area contributed by atoms with Gasteiger partial charge in [0.25, 0.3) is 0 Å². The van der Waals surface area contributed by atoms with Gasteiger partial charge >= 0.3 is 0 Å². The number of nitrogens with one attached hydrogen (secondary N) is 1.